The summed E-state index contributed by atoms with van der Waals surface area (Å²) in [4.78, 5) is 61.3. The number of thiazole rings is 2. The zero-order valence-corrected chi connectivity index (χ0v) is 36.6. The van der Waals surface area contributed by atoms with Gasteiger partial charge in [0.05, 0.1) is 31.6 Å². The summed E-state index contributed by atoms with van der Waals surface area (Å²) in [5, 5.41) is 29.0. The Balaban J connectivity index is 1.16. The van der Waals surface area contributed by atoms with E-state index in [0.29, 0.717) is 47.8 Å². The van der Waals surface area contributed by atoms with Gasteiger partial charge in [-0.05, 0) is 80.1 Å². The molecule has 0 aliphatic carbocycles. The van der Waals surface area contributed by atoms with Crippen molar-refractivity contribution in [3.63, 3.8) is 0 Å². The average Bonchev–Trinajstić information content (AvgIpc) is 3.87. The maximum Gasteiger partial charge on any atom is 0.329 e. The summed E-state index contributed by atoms with van der Waals surface area (Å²) in [5.41, 5.74) is -0.410. The van der Waals surface area contributed by atoms with E-state index in [1.807, 2.05) is 48.5 Å². The van der Waals surface area contributed by atoms with E-state index >= 15 is 0 Å². The summed E-state index contributed by atoms with van der Waals surface area (Å²) < 4.78 is 28.3. The summed E-state index contributed by atoms with van der Waals surface area (Å²) in [6, 6.07) is 27.7. The van der Waals surface area contributed by atoms with Crippen LogP contribution in [0.3, 0.4) is 0 Å². The van der Waals surface area contributed by atoms with E-state index in [9.17, 15) is 33.8 Å². The first-order valence-corrected chi connectivity index (χ1v) is 21.7. The number of hydrogen-bond acceptors (Lipinski definition) is 10. The van der Waals surface area contributed by atoms with E-state index in [-0.39, 0.29) is 42.3 Å². The monoisotopic (exact) mass is 904 g/mol. The molecule has 63 heavy (non-hydrogen) atoms. The third kappa shape index (κ3) is 8.46. The molecule has 0 bridgehead atoms. The Morgan fingerprint density at radius 1 is 0.683 bits per heavy atom. The number of ether oxygens (including phenoxy) is 2. The van der Waals surface area contributed by atoms with Crippen molar-refractivity contribution in [2.24, 2.45) is 0 Å². The van der Waals surface area contributed by atoms with Gasteiger partial charge in [-0.2, -0.15) is 0 Å². The highest BCUT2D eigenvalue weighted by Gasteiger charge is 2.35. The second-order valence-corrected chi connectivity index (χ2v) is 18.2. The van der Waals surface area contributed by atoms with Gasteiger partial charge >= 0.3 is 11.9 Å². The van der Waals surface area contributed by atoms with Crippen molar-refractivity contribution in [2.45, 2.75) is 58.4 Å². The number of carbonyl (C=O) groups excluding carboxylic acids is 2. The quantitative estimate of drug-likeness (QED) is 0.0821. The molecule has 1 unspecified atom stereocenters. The standard InChI is InChI=1S/C47H38ClFN4O8S2/c1-5-47(4,45(58)59)53-43(55)31-20-30(26-10-6-8-12-28(26)40(31)60-23-39-51-35-19-25(49)15-17-36(35)62-39)24-14-16-34-37(18-24)63-38(50-34)22-61-41-29-13-9-7-11-27(29)33(48)21-32(41)42(54)52-46(2,3)44(56)57/h6-21H,5,22-23H2,1-4H3,(H,52,54)(H,53,55)(H,56,57)(H,58,59). The summed E-state index contributed by atoms with van der Waals surface area (Å²) in [7, 11) is 0. The van der Waals surface area contributed by atoms with Crippen LogP contribution in [0.1, 0.15) is 64.8 Å². The van der Waals surface area contributed by atoms with Gasteiger partial charge in [0.25, 0.3) is 11.8 Å². The highest BCUT2D eigenvalue weighted by atomic mass is 35.5. The molecule has 320 valence electrons. The summed E-state index contributed by atoms with van der Waals surface area (Å²) in [6.45, 7) is 5.80. The molecule has 16 heteroatoms. The van der Waals surface area contributed by atoms with Crippen molar-refractivity contribution < 1.29 is 43.3 Å². The Morgan fingerprint density at radius 2 is 1.25 bits per heavy atom. The molecular weight excluding hydrogens is 867 g/mol. The van der Waals surface area contributed by atoms with Crippen LogP contribution in [0.4, 0.5) is 4.39 Å². The van der Waals surface area contributed by atoms with Gasteiger partial charge in [0.2, 0.25) is 0 Å². The molecule has 2 amide bonds. The Bertz CT molecular complexity index is 3170. The number of fused-ring (bicyclic) bond motifs is 4. The number of benzene rings is 6. The van der Waals surface area contributed by atoms with Crippen molar-refractivity contribution in [2.75, 3.05) is 0 Å². The van der Waals surface area contributed by atoms with Crippen LogP contribution in [0.2, 0.25) is 5.02 Å². The van der Waals surface area contributed by atoms with Crippen molar-refractivity contribution in [1.82, 2.24) is 20.6 Å². The number of rotatable bonds is 14. The van der Waals surface area contributed by atoms with E-state index in [4.69, 9.17) is 26.1 Å². The third-order valence-corrected chi connectivity index (χ3v) is 13.1. The topological polar surface area (TPSA) is 177 Å². The number of carboxylic acid groups (broad SMARTS) is 2. The number of amides is 2. The van der Waals surface area contributed by atoms with Crippen molar-refractivity contribution >= 4 is 100 Å². The summed E-state index contributed by atoms with van der Waals surface area (Å²) in [5.74, 6) is -3.69. The highest BCUT2D eigenvalue weighted by molar-refractivity contribution is 7.18. The first-order chi connectivity index (χ1) is 30.0. The fourth-order valence-electron chi connectivity index (χ4n) is 7.04. The molecule has 8 rings (SSSR count). The van der Waals surface area contributed by atoms with Gasteiger partial charge in [-0.3, -0.25) is 9.59 Å². The van der Waals surface area contributed by atoms with E-state index < -0.39 is 40.6 Å². The molecule has 0 spiro atoms. The Hall–Kier alpha value is -6.68. The number of carbonyl (C=O) groups is 4. The third-order valence-electron chi connectivity index (χ3n) is 10.8. The number of halogens is 2. The van der Waals surface area contributed by atoms with Crippen molar-refractivity contribution in [3.8, 4) is 22.6 Å². The molecular formula is C47H38ClFN4O8S2. The van der Waals surface area contributed by atoms with Gasteiger partial charge in [0.15, 0.2) is 0 Å². The van der Waals surface area contributed by atoms with E-state index in [1.54, 1.807) is 37.3 Å². The number of aliphatic carboxylic acids is 2. The van der Waals surface area contributed by atoms with Crippen LogP contribution in [0.25, 0.3) is 53.1 Å². The van der Waals surface area contributed by atoms with Crippen LogP contribution >= 0.6 is 34.3 Å². The van der Waals surface area contributed by atoms with Gasteiger partial charge in [-0.25, -0.2) is 23.9 Å². The lowest BCUT2D eigenvalue weighted by atomic mass is 9.93. The van der Waals surface area contributed by atoms with Crippen LogP contribution in [-0.2, 0) is 22.8 Å². The van der Waals surface area contributed by atoms with Gasteiger partial charge < -0.3 is 30.3 Å². The minimum Gasteiger partial charge on any atom is -0.485 e. The zero-order valence-electron chi connectivity index (χ0n) is 34.2. The molecule has 1 atom stereocenters. The zero-order chi connectivity index (χ0) is 44.8. The molecule has 2 aromatic heterocycles. The molecule has 0 radical (unpaired) electrons. The number of hydrogen-bond donors (Lipinski definition) is 4. The molecule has 0 fully saturated rings. The molecule has 8 aromatic rings. The SMILES string of the molecule is CCC(C)(NC(=O)c1cc(-c2ccc3nc(COc4c(C(=O)NC(C)(C)C(=O)O)cc(Cl)c5ccccc45)sc3c2)c2ccccc2c1OCc1nc2cc(F)ccc2s1)C(=O)O. The molecule has 0 aliphatic rings. The molecule has 4 N–H and O–H groups in total. The average molecular weight is 905 g/mol. The van der Waals surface area contributed by atoms with Gasteiger partial charge in [0.1, 0.15) is 51.6 Å². The van der Waals surface area contributed by atoms with Crippen LogP contribution in [-0.4, -0.2) is 55.0 Å². The normalized spacial score (nSPS) is 12.7. The largest absolute Gasteiger partial charge is 0.485 e. The fraction of sp³-hybridized carbons (Fsp3) is 0.191. The maximum absolute atomic E-state index is 14.2. The van der Waals surface area contributed by atoms with Gasteiger partial charge in [0, 0.05) is 27.2 Å². The predicted octanol–water partition coefficient (Wildman–Crippen LogP) is 10.4. The Morgan fingerprint density at radius 3 is 1.89 bits per heavy atom. The second kappa shape index (κ2) is 16.9. The molecule has 0 aliphatic heterocycles. The molecule has 6 aromatic carbocycles. The minimum atomic E-state index is -1.57. The summed E-state index contributed by atoms with van der Waals surface area (Å²) in [6.07, 6.45) is 0.118. The van der Waals surface area contributed by atoms with Crippen LogP contribution in [0, 0.1) is 5.82 Å². The van der Waals surface area contributed by atoms with Crippen molar-refractivity contribution in [3.05, 3.63) is 129 Å². The number of nitrogens with zero attached hydrogens (tertiary/aromatic N) is 2. The lowest BCUT2D eigenvalue weighted by Gasteiger charge is -2.26. The smallest absolute Gasteiger partial charge is 0.329 e. The van der Waals surface area contributed by atoms with Crippen molar-refractivity contribution in [1.29, 1.82) is 0 Å². The number of nitrogens with one attached hydrogen (secondary N) is 2. The van der Waals surface area contributed by atoms with Crippen LogP contribution < -0.4 is 20.1 Å². The van der Waals surface area contributed by atoms with E-state index in [2.05, 4.69) is 15.6 Å². The minimum absolute atomic E-state index is 0.0361. The van der Waals surface area contributed by atoms with Crippen LogP contribution in [0.5, 0.6) is 11.5 Å². The fourth-order valence-corrected chi connectivity index (χ4v) is 9.09. The lowest BCUT2D eigenvalue weighted by Crippen LogP contribution is -2.51. The second-order valence-electron chi connectivity index (χ2n) is 15.5. The van der Waals surface area contributed by atoms with Crippen LogP contribution in [0.15, 0.2) is 97.1 Å². The van der Waals surface area contributed by atoms with E-state index in [0.717, 1.165) is 20.3 Å². The highest BCUT2D eigenvalue weighted by Crippen LogP contribution is 2.41. The Kier molecular flexibility index (Phi) is 11.5. The lowest BCUT2D eigenvalue weighted by molar-refractivity contribution is -0.144. The molecule has 12 nitrogen and oxygen atoms in total. The van der Waals surface area contributed by atoms with Gasteiger partial charge in [-0.1, -0.05) is 73.1 Å². The van der Waals surface area contributed by atoms with Gasteiger partial charge in [-0.15, -0.1) is 22.7 Å². The Labute approximate surface area is 372 Å². The number of aromatic nitrogens is 2. The molecule has 0 saturated carbocycles. The predicted molar refractivity (Wildman–Crippen MR) is 243 cm³/mol. The molecule has 0 saturated heterocycles. The first kappa shape index (κ1) is 43.0. The number of carboxylic acids is 2. The first-order valence-electron chi connectivity index (χ1n) is 19.6. The van der Waals surface area contributed by atoms with E-state index in [1.165, 1.54) is 61.6 Å². The summed E-state index contributed by atoms with van der Waals surface area (Å²) >= 11 is 9.30. The molecule has 2 heterocycles. The maximum atomic E-state index is 14.2.